The molecule has 1 aliphatic heterocycles. The lowest BCUT2D eigenvalue weighted by molar-refractivity contribution is -0.126. The van der Waals surface area contributed by atoms with Gasteiger partial charge in [-0.15, -0.1) is 0 Å². The van der Waals surface area contributed by atoms with Crippen molar-refractivity contribution in [3.8, 4) is 0 Å². The Morgan fingerprint density at radius 2 is 2.33 bits per heavy atom. The van der Waals surface area contributed by atoms with Crippen LogP contribution in [0.2, 0.25) is 0 Å². The van der Waals surface area contributed by atoms with Crippen molar-refractivity contribution >= 4 is 5.91 Å². The van der Waals surface area contributed by atoms with Gasteiger partial charge in [-0.25, -0.2) is 0 Å². The molecule has 1 saturated heterocycles. The lowest BCUT2D eigenvalue weighted by atomic mass is 9.92. The summed E-state index contributed by atoms with van der Waals surface area (Å²) < 4.78 is 0. The molecule has 1 rings (SSSR count). The Labute approximate surface area is 53.8 Å². The molecule has 9 heavy (non-hydrogen) atoms. The Bertz CT molecular complexity index is 125. The van der Waals surface area contributed by atoms with E-state index in [-0.39, 0.29) is 5.91 Å². The number of hydrogen-bond donors (Lipinski definition) is 3. The third-order valence-electron chi connectivity index (χ3n) is 1.80. The maximum absolute atomic E-state index is 10.7. The number of nitrogens with two attached hydrogens (primary N) is 1. The quantitative estimate of drug-likeness (QED) is 0.405. The van der Waals surface area contributed by atoms with Crippen LogP contribution in [0.4, 0.5) is 0 Å². The van der Waals surface area contributed by atoms with Gasteiger partial charge in [0.25, 0.3) is 0 Å². The molecule has 0 aliphatic carbocycles. The Morgan fingerprint density at radius 1 is 1.78 bits per heavy atom. The number of hydrogen-bond acceptors (Lipinski definition) is 3. The summed E-state index contributed by atoms with van der Waals surface area (Å²) in [6.07, 6.45) is 0. The maximum atomic E-state index is 10.7. The Morgan fingerprint density at radius 3 is 2.33 bits per heavy atom. The minimum Gasteiger partial charge on any atom is -0.368 e. The zero-order valence-electron chi connectivity index (χ0n) is 5.40. The van der Waals surface area contributed by atoms with Gasteiger partial charge < -0.3 is 16.4 Å². The monoisotopic (exact) mass is 129 g/mol. The fourth-order valence-electron chi connectivity index (χ4n) is 0.849. The average Bonchev–Trinajstić information content (AvgIpc) is 1.62. The molecule has 0 aromatic rings. The first-order valence-corrected chi connectivity index (χ1v) is 2.91. The van der Waals surface area contributed by atoms with Gasteiger partial charge in [-0.3, -0.25) is 4.79 Å². The standard InChI is InChI=1S/C5H11N3O/c1-7-5(4(6)9)2-8-3-5/h7-8H,2-3H2,1H3,(H2,6,9). The topological polar surface area (TPSA) is 67.1 Å². The van der Waals surface area contributed by atoms with Crippen molar-refractivity contribution < 1.29 is 4.79 Å². The number of likely N-dealkylation sites (N-methyl/N-ethyl adjacent to an activating group) is 1. The predicted molar refractivity (Wildman–Crippen MR) is 33.9 cm³/mol. The number of primary amides is 1. The molecule has 4 nitrogen and oxygen atoms in total. The largest absolute Gasteiger partial charge is 0.368 e. The summed E-state index contributed by atoms with van der Waals surface area (Å²) in [4.78, 5) is 10.7. The zero-order chi connectivity index (χ0) is 6.91. The molecule has 0 aromatic carbocycles. The summed E-state index contributed by atoms with van der Waals surface area (Å²) in [6.45, 7) is 1.30. The van der Waals surface area contributed by atoms with Gasteiger partial charge in [-0.1, -0.05) is 0 Å². The highest BCUT2D eigenvalue weighted by atomic mass is 16.1. The van der Waals surface area contributed by atoms with E-state index in [1.54, 1.807) is 7.05 Å². The normalized spacial score (nSPS) is 22.8. The molecule has 52 valence electrons. The minimum absolute atomic E-state index is 0.274. The molecule has 1 aliphatic rings. The van der Waals surface area contributed by atoms with E-state index in [0.29, 0.717) is 13.1 Å². The van der Waals surface area contributed by atoms with Crippen LogP contribution in [0.1, 0.15) is 0 Å². The second-order valence-corrected chi connectivity index (χ2v) is 2.30. The first kappa shape index (κ1) is 6.51. The fourth-order valence-corrected chi connectivity index (χ4v) is 0.849. The molecule has 0 atom stereocenters. The van der Waals surface area contributed by atoms with Crippen LogP contribution in [-0.2, 0) is 4.79 Å². The van der Waals surface area contributed by atoms with Crippen molar-refractivity contribution in [1.29, 1.82) is 0 Å². The fraction of sp³-hybridized carbons (Fsp3) is 0.800. The predicted octanol–water partition coefficient (Wildman–Crippen LogP) is -1.97. The first-order chi connectivity index (χ1) is 4.21. The first-order valence-electron chi connectivity index (χ1n) is 2.91. The summed E-state index contributed by atoms with van der Waals surface area (Å²) in [5.74, 6) is -0.274. The van der Waals surface area contributed by atoms with E-state index in [1.807, 2.05) is 0 Å². The van der Waals surface area contributed by atoms with Crippen molar-refractivity contribution in [1.82, 2.24) is 10.6 Å². The van der Waals surface area contributed by atoms with E-state index in [0.717, 1.165) is 0 Å². The molecule has 1 fully saturated rings. The van der Waals surface area contributed by atoms with Gasteiger partial charge in [-0.2, -0.15) is 0 Å². The molecule has 0 aromatic heterocycles. The van der Waals surface area contributed by atoms with Gasteiger partial charge in [0.2, 0.25) is 5.91 Å². The van der Waals surface area contributed by atoms with Gasteiger partial charge in [0.1, 0.15) is 5.54 Å². The van der Waals surface area contributed by atoms with Gasteiger partial charge in [-0.05, 0) is 7.05 Å². The summed E-state index contributed by atoms with van der Waals surface area (Å²) in [5, 5.41) is 5.85. The molecule has 0 unspecified atom stereocenters. The third kappa shape index (κ3) is 0.799. The van der Waals surface area contributed by atoms with Crippen LogP contribution in [0.25, 0.3) is 0 Å². The summed E-state index contributed by atoms with van der Waals surface area (Å²) >= 11 is 0. The highest BCUT2D eigenvalue weighted by Crippen LogP contribution is 2.07. The van der Waals surface area contributed by atoms with Crippen LogP contribution < -0.4 is 16.4 Å². The number of carbonyl (C=O) groups excluding carboxylic acids is 1. The van der Waals surface area contributed by atoms with Crippen molar-refractivity contribution in [3.63, 3.8) is 0 Å². The average molecular weight is 129 g/mol. The molecule has 1 amide bonds. The molecule has 4 heteroatoms. The second-order valence-electron chi connectivity index (χ2n) is 2.30. The maximum Gasteiger partial charge on any atom is 0.240 e. The number of amides is 1. The number of rotatable bonds is 2. The zero-order valence-corrected chi connectivity index (χ0v) is 5.40. The van der Waals surface area contributed by atoms with E-state index in [9.17, 15) is 4.79 Å². The number of nitrogens with one attached hydrogen (secondary N) is 2. The Kier molecular flexibility index (Phi) is 1.42. The molecule has 4 N–H and O–H groups in total. The summed E-state index contributed by atoms with van der Waals surface area (Å²) in [6, 6.07) is 0. The highest BCUT2D eigenvalue weighted by molar-refractivity contribution is 5.86. The SMILES string of the molecule is CNC1(C(N)=O)CNC1. The van der Waals surface area contributed by atoms with Crippen LogP contribution in [0, 0.1) is 0 Å². The van der Waals surface area contributed by atoms with Crippen molar-refractivity contribution in [3.05, 3.63) is 0 Å². The van der Waals surface area contributed by atoms with Gasteiger partial charge >= 0.3 is 0 Å². The van der Waals surface area contributed by atoms with Gasteiger partial charge in [0.15, 0.2) is 0 Å². The summed E-state index contributed by atoms with van der Waals surface area (Å²) in [7, 11) is 1.74. The second kappa shape index (κ2) is 1.97. The molecule has 0 saturated carbocycles. The molecular weight excluding hydrogens is 118 g/mol. The molecule has 0 bridgehead atoms. The molecule has 0 radical (unpaired) electrons. The highest BCUT2D eigenvalue weighted by Gasteiger charge is 2.40. The Balaban J connectivity index is 2.57. The smallest absolute Gasteiger partial charge is 0.240 e. The number of carbonyl (C=O) groups is 1. The molecule has 0 spiro atoms. The van der Waals surface area contributed by atoms with Crippen LogP contribution in [-0.4, -0.2) is 31.6 Å². The van der Waals surface area contributed by atoms with Crippen molar-refractivity contribution in [2.75, 3.05) is 20.1 Å². The van der Waals surface area contributed by atoms with Crippen LogP contribution >= 0.6 is 0 Å². The van der Waals surface area contributed by atoms with Gasteiger partial charge in [0.05, 0.1) is 0 Å². The van der Waals surface area contributed by atoms with E-state index in [4.69, 9.17) is 5.73 Å². The van der Waals surface area contributed by atoms with E-state index in [2.05, 4.69) is 10.6 Å². The van der Waals surface area contributed by atoms with E-state index >= 15 is 0 Å². The molecular formula is C5H11N3O. The lowest BCUT2D eigenvalue weighted by Crippen LogP contribution is -2.73. The lowest BCUT2D eigenvalue weighted by Gasteiger charge is -2.39. The van der Waals surface area contributed by atoms with Crippen LogP contribution in [0.5, 0.6) is 0 Å². The third-order valence-corrected chi connectivity index (χ3v) is 1.80. The molecule has 1 heterocycles. The van der Waals surface area contributed by atoms with Crippen molar-refractivity contribution in [2.45, 2.75) is 5.54 Å². The minimum atomic E-state index is -0.458. The van der Waals surface area contributed by atoms with E-state index in [1.165, 1.54) is 0 Å². The Hall–Kier alpha value is -0.610. The van der Waals surface area contributed by atoms with E-state index < -0.39 is 5.54 Å². The van der Waals surface area contributed by atoms with Crippen LogP contribution in [0.15, 0.2) is 0 Å². The van der Waals surface area contributed by atoms with Crippen molar-refractivity contribution in [2.24, 2.45) is 5.73 Å². The van der Waals surface area contributed by atoms with Gasteiger partial charge in [0, 0.05) is 13.1 Å². The summed E-state index contributed by atoms with van der Waals surface area (Å²) in [5.41, 5.74) is 4.64. The van der Waals surface area contributed by atoms with Crippen LogP contribution in [0.3, 0.4) is 0 Å².